The molecule has 2 rings (SSSR count). The molecule has 0 bridgehead atoms. The van der Waals surface area contributed by atoms with Gasteiger partial charge in [-0.2, -0.15) is 0 Å². The minimum absolute atomic E-state index is 0.156. The zero-order chi connectivity index (χ0) is 10.9. The molecule has 0 saturated heterocycles. The van der Waals surface area contributed by atoms with E-state index in [9.17, 15) is 0 Å². The van der Waals surface area contributed by atoms with Crippen LogP contribution in [0.4, 0.5) is 0 Å². The maximum absolute atomic E-state index is 4.19. The molecule has 0 unspecified atom stereocenters. The summed E-state index contributed by atoms with van der Waals surface area (Å²) < 4.78 is 0. The van der Waals surface area contributed by atoms with Crippen LogP contribution in [0.3, 0.4) is 0 Å². The van der Waals surface area contributed by atoms with Crippen molar-refractivity contribution in [2.75, 3.05) is 0 Å². The minimum Gasteiger partial charge on any atom is -0.345 e. The molecule has 1 aromatic carbocycles. The van der Waals surface area contributed by atoms with E-state index in [0.29, 0.717) is 0 Å². The summed E-state index contributed by atoms with van der Waals surface area (Å²) in [6.07, 6.45) is 1.73. The second kappa shape index (κ2) is 3.66. The quantitative estimate of drug-likeness (QED) is 0.787. The van der Waals surface area contributed by atoms with Gasteiger partial charge >= 0.3 is 0 Å². The highest BCUT2D eigenvalue weighted by molar-refractivity contribution is 5.74. The number of nitrogens with zero attached hydrogens (tertiary/aromatic N) is 1. The Morgan fingerprint density at radius 2 is 2.13 bits per heavy atom. The van der Waals surface area contributed by atoms with Crippen molar-refractivity contribution in [2.24, 2.45) is 0 Å². The molecule has 1 heterocycles. The maximum Gasteiger partial charge on any atom is 0.0931 e. The highest BCUT2D eigenvalue weighted by Crippen LogP contribution is 2.12. The van der Waals surface area contributed by atoms with E-state index in [4.69, 9.17) is 0 Å². The van der Waals surface area contributed by atoms with Gasteiger partial charge in [0.1, 0.15) is 0 Å². The molecule has 0 aliphatic heterocycles. The van der Waals surface area contributed by atoms with Gasteiger partial charge in [-0.25, -0.2) is 4.98 Å². The molecule has 0 amide bonds. The van der Waals surface area contributed by atoms with Crippen LogP contribution >= 0.6 is 0 Å². The summed E-state index contributed by atoms with van der Waals surface area (Å²) in [7, 11) is 0. The van der Waals surface area contributed by atoms with Gasteiger partial charge in [0.15, 0.2) is 0 Å². The van der Waals surface area contributed by atoms with Gasteiger partial charge in [0, 0.05) is 12.1 Å². The smallest absolute Gasteiger partial charge is 0.0931 e. The standard InChI is InChI=1S/C12H17N3/c1-12(2,3)15-7-9-4-5-10-11(6-9)14-8-13-10/h4-6,8,15H,7H2,1-3H3,(H,13,14). The van der Waals surface area contributed by atoms with Crippen LogP contribution in [0.1, 0.15) is 26.3 Å². The van der Waals surface area contributed by atoms with Gasteiger partial charge in [-0.1, -0.05) is 6.07 Å². The summed E-state index contributed by atoms with van der Waals surface area (Å²) >= 11 is 0. The molecule has 1 aromatic heterocycles. The lowest BCUT2D eigenvalue weighted by molar-refractivity contribution is 0.424. The van der Waals surface area contributed by atoms with Crippen LogP contribution in [0.25, 0.3) is 11.0 Å². The molecule has 0 radical (unpaired) electrons. The van der Waals surface area contributed by atoms with Gasteiger partial charge in [0.25, 0.3) is 0 Å². The van der Waals surface area contributed by atoms with Crippen molar-refractivity contribution in [3.63, 3.8) is 0 Å². The van der Waals surface area contributed by atoms with Crippen LogP contribution in [0.15, 0.2) is 24.5 Å². The Morgan fingerprint density at radius 3 is 2.87 bits per heavy atom. The molecule has 2 aromatic rings. The monoisotopic (exact) mass is 203 g/mol. The van der Waals surface area contributed by atoms with Gasteiger partial charge in [0.05, 0.1) is 17.4 Å². The maximum atomic E-state index is 4.19. The zero-order valence-electron chi connectivity index (χ0n) is 9.46. The van der Waals surface area contributed by atoms with E-state index >= 15 is 0 Å². The summed E-state index contributed by atoms with van der Waals surface area (Å²) in [4.78, 5) is 7.31. The molecular weight excluding hydrogens is 186 g/mol. The van der Waals surface area contributed by atoms with Crippen molar-refractivity contribution < 1.29 is 0 Å². The molecule has 0 spiro atoms. The molecule has 3 nitrogen and oxygen atoms in total. The first-order chi connectivity index (χ1) is 7.04. The summed E-state index contributed by atoms with van der Waals surface area (Å²) in [5.41, 5.74) is 3.56. The normalized spacial score (nSPS) is 12.2. The van der Waals surface area contributed by atoms with Crippen molar-refractivity contribution in [3.05, 3.63) is 30.1 Å². The third kappa shape index (κ3) is 2.57. The molecule has 0 aliphatic rings. The summed E-state index contributed by atoms with van der Waals surface area (Å²) in [5.74, 6) is 0. The largest absolute Gasteiger partial charge is 0.345 e. The second-order valence-corrected chi connectivity index (χ2v) is 4.86. The number of H-pyrrole nitrogens is 1. The first-order valence-electron chi connectivity index (χ1n) is 5.22. The Kier molecular flexibility index (Phi) is 2.49. The zero-order valence-corrected chi connectivity index (χ0v) is 9.46. The average Bonchev–Trinajstić information content (AvgIpc) is 2.60. The summed E-state index contributed by atoms with van der Waals surface area (Å²) in [5, 5.41) is 3.46. The van der Waals surface area contributed by atoms with E-state index in [-0.39, 0.29) is 5.54 Å². The molecule has 0 saturated carbocycles. The molecule has 3 heteroatoms. The van der Waals surface area contributed by atoms with E-state index < -0.39 is 0 Å². The Balaban J connectivity index is 2.15. The van der Waals surface area contributed by atoms with Crippen LogP contribution in [0, 0.1) is 0 Å². The van der Waals surface area contributed by atoms with Crippen LogP contribution in [-0.2, 0) is 6.54 Å². The third-order valence-corrected chi connectivity index (χ3v) is 2.31. The van der Waals surface area contributed by atoms with Gasteiger partial charge in [-0.15, -0.1) is 0 Å². The predicted octanol–water partition coefficient (Wildman–Crippen LogP) is 2.45. The topological polar surface area (TPSA) is 40.7 Å². The molecule has 0 aliphatic carbocycles. The van der Waals surface area contributed by atoms with Gasteiger partial charge in [-0.05, 0) is 38.5 Å². The van der Waals surface area contributed by atoms with Gasteiger partial charge in [0.2, 0.25) is 0 Å². The number of aromatic amines is 1. The third-order valence-electron chi connectivity index (χ3n) is 2.31. The highest BCUT2D eigenvalue weighted by Gasteiger charge is 2.08. The lowest BCUT2D eigenvalue weighted by Crippen LogP contribution is -2.35. The summed E-state index contributed by atoms with van der Waals surface area (Å²) in [6, 6.07) is 6.30. The second-order valence-electron chi connectivity index (χ2n) is 4.86. The number of nitrogens with one attached hydrogen (secondary N) is 2. The molecule has 0 fully saturated rings. The molecule has 0 atom stereocenters. The van der Waals surface area contributed by atoms with Crippen LogP contribution < -0.4 is 5.32 Å². The summed E-state index contributed by atoms with van der Waals surface area (Å²) in [6.45, 7) is 7.39. The van der Waals surface area contributed by atoms with Crippen molar-refractivity contribution in [2.45, 2.75) is 32.9 Å². The van der Waals surface area contributed by atoms with Gasteiger partial charge in [-0.3, -0.25) is 0 Å². The number of hydrogen-bond donors (Lipinski definition) is 2. The van der Waals surface area contributed by atoms with Crippen molar-refractivity contribution in [1.82, 2.24) is 15.3 Å². The van der Waals surface area contributed by atoms with Crippen molar-refractivity contribution in [1.29, 1.82) is 0 Å². The molecule has 2 N–H and O–H groups in total. The van der Waals surface area contributed by atoms with E-state index in [1.54, 1.807) is 6.33 Å². The van der Waals surface area contributed by atoms with Crippen LogP contribution in [-0.4, -0.2) is 15.5 Å². The molecule has 15 heavy (non-hydrogen) atoms. The molecule has 80 valence electrons. The average molecular weight is 203 g/mol. The predicted molar refractivity (Wildman–Crippen MR) is 62.7 cm³/mol. The van der Waals surface area contributed by atoms with E-state index in [1.165, 1.54) is 5.56 Å². The highest BCUT2D eigenvalue weighted by atomic mass is 14.9. The number of fused-ring (bicyclic) bond motifs is 1. The lowest BCUT2D eigenvalue weighted by Gasteiger charge is -2.20. The Morgan fingerprint density at radius 1 is 1.33 bits per heavy atom. The minimum atomic E-state index is 0.156. The fourth-order valence-corrected chi connectivity index (χ4v) is 1.46. The Bertz CT molecular complexity index is 451. The van der Waals surface area contributed by atoms with E-state index in [2.05, 4.69) is 48.2 Å². The van der Waals surface area contributed by atoms with Crippen LogP contribution in [0.2, 0.25) is 0 Å². The Hall–Kier alpha value is -1.35. The number of imidazole rings is 1. The first kappa shape index (κ1) is 10.2. The van der Waals surface area contributed by atoms with Gasteiger partial charge < -0.3 is 10.3 Å². The van der Waals surface area contributed by atoms with Crippen molar-refractivity contribution >= 4 is 11.0 Å². The number of benzene rings is 1. The fraction of sp³-hybridized carbons (Fsp3) is 0.417. The molecular formula is C12H17N3. The van der Waals surface area contributed by atoms with E-state index in [0.717, 1.165) is 17.6 Å². The number of rotatable bonds is 2. The number of hydrogen-bond acceptors (Lipinski definition) is 2. The Labute approximate surface area is 89.9 Å². The van der Waals surface area contributed by atoms with Crippen molar-refractivity contribution in [3.8, 4) is 0 Å². The van der Waals surface area contributed by atoms with Crippen LogP contribution in [0.5, 0.6) is 0 Å². The SMILES string of the molecule is CC(C)(C)NCc1ccc2nc[nH]c2c1. The first-order valence-corrected chi connectivity index (χ1v) is 5.22. The number of aromatic nitrogens is 2. The lowest BCUT2D eigenvalue weighted by atomic mass is 10.1. The fourth-order valence-electron chi connectivity index (χ4n) is 1.46. The van der Waals surface area contributed by atoms with E-state index in [1.807, 2.05) is 6.07 Å².